The van der Waals surface area contributed by atoms with Crippen LogP contribution in [0.3, 0.4) is 0 Å². The highest BCUT2D eigenvalue weighted by atomic mass is 16.5. The predicted molar refractivity (Wildman–Crippen MR) is 74.0 cm³/mol. The van der Waals surface area contributed by atoms with Crippen LogP contribution < -0.4 is 10.6 Å². The Bertz CT molecular complexity index is 460. The monoisotopic (exact) mass is 246 g/mol. The molecule has 3 rings (SSSR count). The van der Waals surface area contributed by atoms with Crippen LogP contribution in [-0.2, 0) is 11.3 Å². The van der Waals surface area contributed by atoms with Crippen LogP contribution in [0.2, 0.25) is 0 Å². The average molecular weight is 246 g/mol. The largest absolute Gasteiger partial charge is 0.388 e. The molecular formula is C15H22N2O. The summed E-state index contributed by atoms with van der Waals surface area (Å²) in [4.78, 5) is 0. The molecule has 3 atom stereocenters. The van der Waals surface area contributed by atoms with Crippen LogP contribution in [0.4, 0.5) is 5.69 Å². The van der Waals surface area contributed by atoms with Gasteiger partial charge in [-0.2, -0.15) is 0 Å². The summed E-state index contributed by atoms with van der Waals surface area (Å²) in [5.41, 5.74) is 3.97. The first kappa shape index (κ1) is 12.0. The van der Waals surface area contributed by atoms with Crippen LogP contribution in [0, 0.1) is 0 Å². The van der Waals surface area contributed by atoms with E-state index in [-0.39, 0.29) is 5.60 Å². The minimum Gasteiger partial charge on any atom is -0.388 e. The summed E-state index contributed by atoms with van der Waals surface area (Å²) in [7, 11) is 1.98. The third kappa shape index (κ3) is 1.57. The number of hydrogen-bond acceptors (Lipinski definition) is 3. The molecule has 2 N–H and O–H groups in total. The Balaban J connectivity index is 2.10. The van der Waals surface area contributed by atoms with Crippen LogP contribution in [-0.4, -0.2) is 25.2 Å². The van der Waals surface area contributed by atoms with Gasteiger partial charge in [-0.1, -0.05) is 19.1 Å². The molecule has 2 heterocycles. The van der Waals surface area contributed by atoms with Gasteiger partial charge in [0, 0.05) is 36.8 Å². The number of benzene rings is 1. The number of fused-ring (bicyclic) bond motifs is 3. The second kappa shape index (κ2) is 4.25. The van der Waals surface area contributed by atoms with Crippen LogP contribution in [0.5, 0.6) is 0 Å². The van der Waals surface area contributed by atoms with E-state index in [4.69, 9.17) is 4.74 Å². The van der Waals surface area contributed by atoms with E-state index in [9.17, 15) is 0 Å². The molecule has 18 heavy (non-hydrogen) atoms. The Morgan fingerprint density at radius 2 is 2.33 bits per heavy atom. The van der Waals surface area contributed by atoms with Crippen molar-refractivity contribution in [2.24, 2.45) is 0 Å². The van der Waals surface area contributed by atoms with Gasteiger partial charge in [-0.25, -0.2) is 0 Å². The van der Waals surface area contributed by atoms with Gasteiger partial charge in [-0.3, -0.25) is 0 Å². The predicted octanol–water partition coefficient (Wildman–Crippen LogP) is 2.48. The fraction of sp³-hybridized carbons (Fsp3) is 0.600. The first-order valence-corrected chi connectivity index (χ1v) is 6.86. The lowest BCUT2D eigenvalue weighted by Gasteiger charge is -2.39. The summed E-state index contributed by atoms with van der Waals surface area (Å²) in [5, 5.41) is 6.90. The number of nitrogens with one attached hydrogen (secondary N) is 2. The number of hydrogen-bond donors (Lipinski definition) is 2. The lowest BCUT2D eigenvalue weighted by atomic mass is 9.77. The molecule has 0 radical (unpaired) electrons. The van der Waals surface area contributed by atoms with Crippen molar-refractivity contribution < 1.29 is 4.74 Å². The van der Waals surface area contributed by atoms with Crippen LogP contribution >= 0.6 is 0 Å². The summed E-state index contributed by atoms with van der Waals surface area (Å²) in [5.74, 6) is 0.472. The van der Waals surface area contributed by atoms with Gasteiger partial charge >= 0.3 is 0 Å². The van der Waals surface area contributed by atoms with Crippen molar-refractivity contribution in [3.63, 3.8) is 0 Å². The topological polar surface area (TPSA) is 33.3 Å². The van der Waals surface area contributed by atoms with E-state index in [0.29, 0.717) is 12.0 Å². The van der Waals surface area contributed by atoms with Crippen LogP contribution in [0.1, 0.15) is 37.3 Å². The van der Waals surface area contributed by atoms with E-state index in [1.54, 1.807) is 0 Å². The molecule has 1 aromatic rings. The van der Waals surface area contributed by atoms with Crippen molar-refractivity contribution in [3.05, 3.63) is 29.3 Å². The SMILES string of the molecule is CCC1NCC2(C)OCc3c(NC)cccc3C12. The van der Waals surface area contributed by atoms with Crippen LogP contribution in [0.15, 0.2) is 18.2 Å². The van der Waals surface area contributed by atoms with E-state index in [2.05, 4.69) is 42.7 Å². The molecule has 1 saturated heterocycles. The zero-order chi connectivity index (χ0) is 12.8. The molecule has 0 aliphatic carbocycles. The molecular weight excluding hydrogens is 224 g/mol. The molecule has 2 aliphatic heterocycles. The van der Waals surface area contributed by atoms with Crippen molar-refractivity contribution in [3.8, 4) is 0 Å². The molecule has 3 nitrogen and oxygen atoms in total. The Morgan fingerprint density at radius 1 is 1.50 bits per heavy atom. The number of rotatable bonds is 2. The lowest BCUT2D eigenvalue weighted by Crippen LogP contribution is -2.41. The number of anilines is 1. The second-order valence-electron chi connectivity index (χ2n) is 5.60. The summed E-state index contributed by atoms with van der Waals surface area (Å²) >= 11 is 0. The maximum Gasteiger partial charge on any atom is 0.0866 e. The lowest BCUT2D eigenvalue weighted by molar-refractivity contribution is -0.0544. The third-order valence-electron chi connectivity index (χ3n) is 4.58. The normalized spacial score (nSPS) is 33.9. The summed E-state index contributed by atoms with van der Waals surface area (Å²) in [6, 6.07) is 7.09. The van der Waals surface area contributed by atoms with Gasteiger partial charge in [-0.15, -0.1) is 0 Å². The highest BCUT2D eigenvalue weighted by Crippen LogP contribution is 2.46. The van der Waals surface area contributed by atoms with Crippen molar-refractivity contribution in [1.29, 1.82) is 0 Å². The molecule has 0 aromatic heterocycles. The highest BCUT2D eigenvalue weighted by Gasteiger charge is 2.49. The van der Waals surface area contributed by atoms with Gasteiger partial charge in [0.1, 0.15) is 0 Å². The van der Waals surface area contributed by atoms with E-state index >= 15 is 0 Å². The van der Waals surface area contributed by atoms with E-state index in [1.165, 1.54) is 16.8 Å². The second-order valence-corrected chi connectivity index (χ2v) is 5.60. The standard InChI is InChI=1S/C15H22N2O/c1-4-12-14-10-6-5-7-13(16-3)11(10)8-18-15(14,2)9-17-12/h5-7,12,14,16-17H,4,8-9H2,1-3H3. The summed E-state index contributed by atoms with van der Waals surface area (Å²) in [6.45, 7) is 6.17. The zero-order valence-electron chi connectivity index (χ0n) is 11.4. The Labute approximate surface area is 109 Å². The van der Waals surface area contributed by atoms with Crippen molar-refractivity contribution >= 4 is 5.69 Å². The maximum absolute atomic E-state index is 6.19. The molecule has 1 aromatic carbocycles. The fourth-order valence-corrected chi connectivity index (χ4v) is 3.58. The van der Waals surface area contributed by atoms with Crippen molar-refractivity contribution in [1.82, 2.24) is 5.32 Å². The first-order chi connectivity index (χ1) is 8.69. The summed E-state index contributed by atoms with van der Waals surface area (Å²) in [6.07, 6.45) is 1.15. The molecule has 0 spiro atoms. The van der Waals surface area contributed by atoms with E-state index < -0.39 is 0 Å². The average Bonchev–Trinajstić information content (AvgIpc) is 2.75. The van der Waals surface area contributed by atoms with Gasteiger partial charge in [0.05, 0.1) is 12.2 Å². The maximum atomic E-state index is 6.19. The summed E-state index contributed by atoms with van der Waals surface area (Å²) < 4.78 is 6.19. The molecule has 3 unspecified atom stereocenters. The first-order valence-electron chi connectivity index (χ1n) is 6.86. The molecule has 0 saturated carbocycles. The molecule has 3 heteroatoms. The minimum atomic E-state index is -0.0416. The van der Waals surface area contributed by atoms with Gasteiger partial charge in [-0.05, 0) is 25.0 Å². The number of ether oxygens (including phenoxy) is 1. The van der Waals surface area contributed by atoms with Crippen molar-refractivity contribution in [2.75, 3.05) is 18.9 Å². The van der Waals surface area contributed by atoms with Gasteiger partial charge in [0.2, 0.25) is 0 Å². The Hall–Kier alpha value is -1.06. The Morgan fingerprint density at radius 3 is 3.06 bits per heavy atom. The molecule has 98 valence electrons. The van der Waals surface area contributed by atoms with Crippen LogP contribution in [0.25, 0.3) is 0 Å². The molecule has 1 fully saturated rings. The molecule has 2 aliphatic rings. The third-order valence-corrected chi connectivity index (χ3v) is 4.58. The van der Waals surface area contributed by atoms with Gasteiger partial charge in [0.15, 0.2) is 0 Å². The quantitative estimate of drug-likeness (QED) is 0.841. The fourth-order valence-electron chi connectivity index (χ4n) is 3.58. The molecule has 0 bridgehead atoms. The van der Waals surface area contributed by atoms with Gasteiger partial charge < -0.3 is 15.4 Å². The molecule has 0 amide bonds. The van der Waals surface area contributed by atoms with Crippen molar-refractivity contribution in [2.45, 2.75) is 44.4 Å². The van der Waals surface area contributed by atoms with E-state index in [1.807, 2.05) is 7.05 Å². The zero-order valence-corrected chi connectivity index (χ0v) is 11.4. The van der Waals surface area contributed by atoms with E-state index in [0.717, 1.165) is 19.6 Å². The highest BCUT2D eigenvalue weighted by molar-refractivity contribution is 5.57. The Kier molecular flexibility index (Phi) is 2.83. The minimum absolute atomic E-state index is 0.0416. The smallest absolute Gasteiger partial charge is 0.0866 e. The van der Waals surface area contributed by atoms with Gasteiger partial charge in [0.25, 0.3) is 0 Å².